The first-order valence-corrected chi connectivity index (χ1v) is 10.3. The molecule has 2 rings (SSSR count). The molecule has 1 heterocycles. The van der Waals surface area contributed by atoms with E-state index in [9.17, 15) is 9.18 Å². The predicted octanol–water partition coefficient (Wildman–Crippen LogP) is 3.07. The summed E-state index contributed by atoms with van der Waals surface area (Å²) < 4.78 is 19.2. The number of nitrogens with zero attached hydrogens (tertiary/aromatic N) is 2. The molecule has 0 atom stereocenters. The Morgan fingerprint density at radius 1 is 1.25 bits per heavy atom. The summed E-state index contributed by atoms with van der Waals surface area (Å²) in [6, 6.07) is 4.93. The number of hydrogen-bond donors (Lipinski definition) is 2. The normalized spacial score (nSPS) is 15.3. The highest BCUT2D eigenvalue weighted by Crippen LogP contribution is 2.18. The SMILES string of the molecule is CCNC(=NCc1ccc(OCC)c(F)c1)NCCCN1CCCCCC1=O. The summed E-state index contributed by atoms with van der Waals surface area (Å²) in [6.45, 7) is 7.76. The van der Waals surface area contributed by atoms with E-state index in [0.717, 1.165) is 57.4 Å². The van der Waals surface area contributed by atoms with Crippen LogP contribution in [0.25, 0.3) is 0 Å². The van der Waals surface area contributed by atoms with E-state index >= 15 is 0 Å². The minimum absolute atomic E-state index is 0.267. The summed E-state index contributed by atoms with van der Waals surface area (Å²) in [5.74, 6) is 0.868. The second kappa shape index (κ2) is 12.2. The van der Waals surface area contributed by atoms with Crippen molar-refractivity contribution in [1.29, 1.82) is 0 Å². The van der Waals surface area contributed by atoms with E-state index in [-0.39, 0.29) is 17.5 Å². The lowest BCUT2D eigenvalue weighted by atomic mass is 10.2. The minimum Gasteiger partial charge on any atom is -0.491 e. The minimum atomic E-state index is -0.366. The molecule has 0 spiro atoms. The number of carbonyl (C=O) groups excluding carboxylic acids is 1. The van der Waals surface area contributed by atoms with Crippen LogP contribution in [0.15, 0.2) is 23.2 Å². The van der Waals surface area contributed by atoms with Crippen LogP contribution >= 0.6 is 0 Å². The lowest BCUT2D eigenvalue weighted by Gasteiger charge is -2.20. The molecule has 1 saturated heterocycles. The topological polar surface area (TPSA) is 66.0 Å². The van der Waals surface area contributed by atoms with Gasteiger partial charge in [0.1, 0.15) is 0 Å². The number of nitrogens with one attached hydrogen (secondary N) is 2. The number of ether oxygens (including phenoxy) is 1. The molecule has 0 bridgehead atoms. The van der Waals surface area contributed by atoms with Gasteiger partial charge < -0.3 is 20.3 Å². The van der Waals surface area contributed by atoms with Gasteiger partial charge in [0, 0.05) is 32.6 Å². The van der Waals surface area contributed by atoms with Gasteiger partial charge in [-0.3, -0.25) is 4.79 Å². The molecule has 1 amide bonds. The Bertz CT molecular complexity index is 651. The Morgan fingerprint density at radius 2 is 2.11 bits per heavy atom. The fourth-order valence-corrected chi connectivity index (χ4v) is 3.18. The van der Waals surface area contributed by atoms with Crippen LogP contribution < -0.4 is 15.4 Å². The average Bonchev–Trinajstić information content (AvgIpc) is 2.89. The smallest absolute Gasteiger partial charge is 0.222 e. The van der Waals surface area contributed by atoms with E-state index in [1.165, 1.54) is 6.07 Å². The Labute approximate surface area is 167 Å². The van der Waals surface area contributed by atoms with Gasteiger partial charge in [-0.25, -0.2) is 9.38 Å². The van der Waals surface area contributed by atoms with Crippen molar-refractivity contribution in [2.75, 3.05) is 32.8 Å². The summed E-state index contributed by atoms with van der Waals surface area (Å²) in [4.78, 5) is 18.5. The van der Waals surface area contributed by atoms with Gasteiger partial charge in [0.15, 0.2) is 17.5 Å². The zero-order chi connectivity index (χ0) is 20.2. The zero-order valence-corrected chi connectivity index (χ0v) is 17.1. The third-order valence-corrected chi connectivity index (χ3v) is 4.63. The lowest BCUT2D eigenvalue weighted by molar-refractivity contribution is -0.130. The van der Waals surface area contributed by atoms with Crippen LogP contribution in [0.4, 0.5) is 4.39 Å². The van der Waals surface area contributed by atoms with Gasteiger partial charge in [-0.05, 0) is 50.8 Å². The molecule has 0 unspecified atom stereocenters. The summed E-state index contributed by atoms with van der Waals surface area (Å²) in [6.07, 6.45) is 4.80. The van der Waals surface area contributed by atoms with Gasteiger partial charge in [-0.2, -0.15) is 0 Å². The molecule has 0 aliphatic carbocycles. The molecule has 1 aromatic carbocycles. The summed E-state index contributed by atoms with van der Waals surface area (Å²) >= 11 is 0. The fraction of sp³-hybridized carbons (Fsp3) is 0.619. The van der Waals surface area contributed by atoms with Crippen LogP contribution in [-0.4, -0.2) is 49.6 Å². The van der Waals surface area contributed by atoms with Crippen molar-refractivity contribution < 1.29 is 13.9 Å². The van der Waals surface area contributed by atoms with Crippen molar-refractivity contribution in [3.8, 4) is 5.75 Å². The largest absolute Gasteiger partial charge is 0.491 e. The van der Waals surface area contributed by atoms with E-state index in [1.54, 1.807) is 6.07 Å². The number of halogens is 1. The van der Waals surface area contributed by atoms with Crippen LogP contribution in [0.3, 0.4) is 0 Å². The number of likely N-dealkylation sites (tertiary alicyclic amines) is 1. The van der Waals surface area contributed by atoms with Crippen molar-refractivity contribution in [1.82, 2.24) is 15.5 Å². The second-order valence-corrected chi connectivity index (χ2v) is 6.86. The Morgan fingerprint density at radius 3 is 2.86 bits per heavy atom. The number of benzene rings is 1. The van der Waals surface area contributed by atoms with Crippen molar-refractivity contribution >= 4 is 11.9 Å². The van der Waals surface area contributed by atoms with E-state index in [0.29, 0.717) is 25.5 Å². The molecule has 6 nitrogen and oxygen atoms in total. The average molecular weight is 393 g/mol. The standard InChI is InChI=1S/C21H33FN4O2/c1-3-23-21(24-12-8-14-26-13-7-5-6-9-20(26)27)25-16-17-10-11-19(28-4-2)18(22)15-17/h10-11,15H,3-9,12-14,16H2,1-2H3,(H2,23,24,25). The van der Waals surface area contributed by atoms with Gasteiger partial charge in [0.05, 0.1) is 13.2 Å². The first-order chi connectivity index (χ1) is 13.6. The first kappa shape index (κ1) is 22.0. The highest BCUT2D eigenvalue weighted by molar-refractivity contribution is 5.79. The third-order valence-electron chi connectivity index (χ3n) is 4.63. The molecule has 7 heteroatoms. The molecule has 1 aromatic rings. The maximum Gasteiger partial charge on any atom is 0.222 e. The Hall–Kier alpha value is -2.31. The molecule has 1 fully saturated rings. The highest BCUT2D eigenvalue weighted by Gasteiger charge is 2.15. The molecule has 1 aliphatic rings. The number of guanidine groups is 1. The van der Waals surface area contributed by atoms with Crippen molar-refractivity contribution in [3.63, 3.8) is 0 Å². The van der Waals surface area contributed by atoms with Crippen LogP contribution in [0, 0.1) is 5.82 Å². The Kier molecular flexibility index (Phi) is 9.59. The van der Waals surface area contributed by atoms with Gasteiger partial charge in [0.25, 0.3) is 0 Å². The molecule has 0 radical (unpaired) electrons. The summed E-state index contributed by atoms with van der Waals surface area (Å²) in [5, 5.41) is 6.49. The monoisotopic (exact) mass is 392 g/mol. The first-order valence-electron chi connectivity index (χ1n) is 10.3. The molecule has 0 aromatic heterocycles. The van der Waals surface area contributed by atoms with Crippen molar-refractivity contribution in [2.45, 2.75) is 52.5 Å². The molecule has 2 N–H and O–H groups in total. The van der Waals surface area contributed by atoms with Crippen molar-refractivity contribution in [2.24, 2.45) is 4.99 Å². The maximum absolute atomic E-state index is 14.0. The van der Waals surface area contributed by atoms with Crippen molar-refractivity contribution in [3.05, 3.63) is 29.6 Å². The van der Waals surface area contributed by atoms with Gasteiger partial charge in [0.2, 0.25) is 5.91 Å². The zero-order valence-electron chi connectivity index (χ0n) is 17.1. The van der Waals surface area contributed by atoms with Crippen LogP contribution in [0.1, 0.15) is 51.5 Å². The molecule has 0 saturated carbocycles. The van der Waals surface area contributed by atoms with E-state index in [2.05, 4.69) is 15.6 Å². The van der Waals surface area contributed by atoms with E-state index < -0.39 is 0 Å². The number of aliphatic imine (C=N–C) groups is 1. The van der Waals surface area contributed by atoms with Crippen LogP contribution in [-0.2, 0) is 11.3 Å². The van der Waals surface area contributed by atoms with Gasteiger partial charge >= 0.3 is 0 Å². The summed E-state index contributed by atoms with van der Waals surface area (Å²) in [7, 11) is 0. The second-order valence-electron chi connectivity index (χ2n) is 6.86. The number of rotatable bonds is 9. The Balaban J connectivity index is 1.81. The van der Waals surface area contributed by atoms with Crippen LogP contribution in [0.2, 0.25) is 0 Å². The third kappa shape index (κ3) is 7.37. The number of hydrogen-bond acceptors (Lipinski definition) is 3. The van der Waals surface area contributed by atoms with Gasteiger partial charge in [-0.1, -0.05) is 12.5 Å². The number of carbonyl (C=O) groups is 1. The molecule has 28 heavy (non-hydrogen) atoms. The molecule has 156 valence electrons. The highest BCUT2D eigenvalue weighted by atomic mass is 19.1. The summed E-state index contributed by atoms with van der Waals surface area (Å²) in [5.41, 5.74) is 0.785. The predicted molar refractivity (Wildman–Crippen MR) is 110 cm³/mol. The molecule has 1 aliphatic heterocycles. The molecular weight excluding hydrogens is 359 g/mol. The molecular formula is C21H33FN4O2. The maximum atomic E-state index is 14.0. The number of amides is 1. The van der Waals surface area contributed by atoms with E-state index in [1.807, 2.05) is 24.8 Å². The fourth-order valence-electron chi connectivity index (χ4n) is 3.18. The van der Waals surface area contributed by atoms with Gasteiger partial charge in [-0.15, -0.1) is 0 Å². The van der Waals surface area contributed by atoms with Crippen LogP contribution in [0.5, 0.6) is 5.75 Å². The van der Waals surface area contributed by atoms with E-state index in [4.69, 9.17) is 4.74 Å². The lowest BCUT2D eigenvalue weighted by Crippen LogP contribution is -2.39. The quantitative estimate of drug-likeness (QED) is 0.385.